The largest absolute Gasteiger partial charge is 0.376 e. The number of methoxy groups -OCH3 is 1. The third-order valence-corrected chi connectivity index (χ3v) is 3.41. The first-order valence-electron chi connectivity index (χ1n) is 5.75. The van der Waals surface area contributed by atoms with E-state index in [0.29, 0.717) is 18.4 Å². The second kappa shape index (κ2) is 5.56. The molecule has 1 atom stereocenters. The van der Waals surface area contributed by atoms with E-state index in [9.17, 15) is 8.78 Å². The van der Waals surface area contributed by atoms with Gasteiger partial charge in [0.05, 0.1) is 11.6 Å². The second-order valence-electron chi connectivity index (χ2n) is 4.16. The van der Waals surface area contributed by atoms with E-state index in [1.54, 1.807) is 7.11 Å². The van der Waals surface area contributed by atoms with Crippen LogP contribution in [0, 0.1) is 11.6 Å². The van der Waals surface area contributed by atoms with Gasteiger partial charge >= 0.3 is 0 Å². The Morgan fingerprint density at radius 1 is 1.18 bits per heavy atom. The summed E-state index contributed by atoms with van der Waals surface area (Å²) in [5, 5.41) is 0. The van der Waals surface area contributed by atoms with E-state index in [0.717, 1.165) is 6.07 Å². The van der Waals surface area contributed by atoms with E-state index in [2.05, 4.69) is 0 Å². The maximum Gasteiger partial charge on any atom is 0.126 e. The van der Waals surface area contributed by atoms with Gasteiger partial charge < -0.3 is 10.5 Å². The fraction of sp³-hybridized carbons (Fsp3) is 0.538. The van der Waals surface area contributed by atoms with Crippen molar-refractivity contribution in [2.24, 2.45) is 5.73 Å². The second-order valence-corrected chi connectivity index (χ2v) is 4.16. The zero-order valence-corrected chi connectivity index (χ0v) is 10.5. The summed E-state index contributed by atoms with van der Waals surface area (Å²) in [7, 11) is 1.57. The molecule has 96 valence electrons. The number of halogens is 2. The monoisotopic (exact) mass is 243 g/mol. The van der Waals surface area contributed by atoms with Crippen LogP contribution < -0.4 is 5.73 Å². The highest BCUT2D eigenvalue weighted by Crippen LogP contribution is 2.33. The van der Waals surface area contributed by atoms with Crippen LogP contribution in [0.2, 0.25) is 0 Å². The Morgan fingerprint density at radius 3 is 2.00 bits per heavy atom. The minimum absolute atomic E-state index is 0.424. The first-order chi connectivity index (χ1) is 7.99. The Kier molecular flexibility index (Phi) is 4.60. The molecule has 0 radical (unpaired) electrons. The van der Waals surface area contributed by atoms with E-state index in [-0.39, 0.29) is 0 Å². The Balaban J connectivity index is 3.13. The average molecular weight is 243 g/mol. The van der Waals surface area contributed by atoms with Crippen molar-refractivity contribution in [2.45, 2.75) is 38.3 Å². The number of nitrogens with two attached hydrogens (primary N) is 1. The van der Waals surface area contributed by atoms with Gasteiger partial charge in [0.15, 0.2) is 0 Å². The summed E-state index contributed by atoms with van der Waals surface area (Å²) < 4.78 is 31.8. The molecule has 0 aliphatic rings. The lowest BCUT2D eigenvalue weighted by Gasteiger charge is -2.36. The zero-order valence-electron chi connectivity index (χ0n) is 10.5. The molecule has 0 fully saturated rings. The highest BCUT2D eigenvalue weighted by molar-refractivity contribution is 5.24. The summed E-state index contributed by atoms with van der Waals surface area (Å²) in [5.41, 5.74) is 5.93. The van der Waals surface area contributed by atoms with Crippen molar-refractivity contribution < 1.29 is 13.5 Å². The summed E-state index contributed by atoms with van der Waals surface area (Å²) in [5.74, 6) is -1.24. The van der Waals surface area contributed by atoms with Crippen molar-refractivity contribution >= 4 is 0 Å². The predicted molar refractivity (Wildman–Crippen MR) is 63.6 cm³/mol. The van der Waals surface area contributed by atoms with E-state index in [1.807, 2.05) is 13.8 Å². The maximum atomic E-state index is 13.2. The van der Waals surface area contributed by atoms with Gasteiger partial charge in [-0.15, -0.1) is 0 Å². The molecule has 2 nitrogen and oxygen atoms in total. The van der Waals surface area contributed by atoms with Gasteiger partial charge in [0.1, 0.15) is 11.6 Å². The molecule has 0 bridgehead atoms. The SMILES string of the molecule is CCC(CC)(OC)C(N)c1cc(F)cc(F)c1. The number of ether oxygens (including phenoxy) is 1. The normalized spacial score (nSPS) is 13.8. The maximum absolute atomic E-state index is 13.2. The van der Waals surface area contributed by atoms with Crippen LogP contribution in [-0.2, 0) is 4.74 Å². The number of rotatable bonds is 5. The minimum Gasteiger partial charge on any atom is -0.376 e. The van der Waals surface area contributed by atoms with E-state index >= 15 is 0 Å². The third-order valence-electron chi connectivity index (χ3n) is 3.41. The highest BCUT2D eigenvalue weighted by Gasteiger charge is 2.34. The van der Waals surface area contributed by atoms with Crippen LogP contribution in [0.5, 0.6) is 0 Å². The van der Waals surface area contributed by atoms with Gasteiger partial charge in [-0.25, -0.2) is 8.78 Å². The molecule has 1 unspecified atom stereocenters. The van der Waals surface area contributed by atoms with Gasteiger partial charge in [-0.2, -0.15) is 0 Å². The van der Waals surface area contributed by atoms with Crippen LogP contribution >= 0.6 is 0 Å². The molecule has 0 saturated heterocycles. The van der Waals surface area contributed by atoms with Crippen LogP contribution in [-0.4, -0.2) is 12.7 Å². The lowest BCUT2D eigenvalue weighted by atomic mass is 9.84. The Morgan fingerprint density at radius 2 is 1.65 bits per heavy atom. The van der Waals surface area contributed by atoms with Crippen LogP contribution in [0.4, 0.5) is 8.78 Å². The Labute approximate surface area is 101 Å². The lowest BCUT2D eigenvalue weighted by molar-refractivity contribution is -0.0386. The van der Waals surface area contributed by atoms with Gasteiger partial charge in [-0.1, -0.05) is 13.8 Å². The smallest absolute Gasteiger partial charge is 0.126 e. The van der Waals surface area contributed by atoms with Gasteiger partial charge in [0.25, 0.3) is 0 Å². The molecule has 0 saturated carbocycles. The fourth-order valence-corrected chi connectivity index (χ4v) is 2.16. The van der Waals surface area contributed by atoms with Crippen molar-refractivity contribution in [2.75, 3.05) is 7.11 Å². The molecule has 0 spiro atoms. The number of benzene rings is 1. The molecule has 0 amide bonds. The molecule has 0 aliphatic carbocycles. The van der Waals surface area contributed by atoms with Gasteiger partial charge in [-0.3, -0.25) is 0 Å². The van der Waals surface area contributed by atoms with E-state index < -0.39 is 23.3 Å². The molecule has 0 heterocycles. The quantitative estimate of drug-likeness (QED) is 0.862. The lowest BCUT2D eigenvalue weighted by Crippen LogP contribution is -2.42. The third kappa shape index (κ3) is 2.82. The Hall–Kier alpha value is -1.00. The number of hydrogen-bond acceptors (Lipinski definition) is 2. The summed E-state index contributed by atoms with van der Waals surface area (Å²) >= 11 is 0. The summed E-state index contributed by atoms with van der Waals surface area (Å²) in [6.45, 7) is 3.89. The molecular formula is C13H19F2NO. The van der Waals surface area contributed by atoms with Crippen molar-refractivity contribution in [1.29, 1.82) is 0 Å². The summed E-state index contributed by atoms with van der Waals surface area (Å²) in [4.78, 5) is 0. The standard InChI is InChI=1S/C13H19F2NO/c1-4-13(5-2,17-3)12(16)9-6-10(14)8-11(15)7-9/h6-8,12H,4-5,16H2,1-3H3. The van der Waals surface area contributed by atoms with Crippen LogP contribution in [0.1, 0.15) is 38.3 Å². The molecular weight excluding hydrogens is 224 g/mol. The topological polar surface area (TPSA) is 35.2 Å². The molecule has 4 heteroatoms. The molecule has 17 heavy (non-hydrogen) atoms. The molecule has 0 aromatic heterocycles. The van der Waals surface area contributed by atoms with Crippen molar-refractivity contribution in [3.63, 3.8) is 0 Å². The predicted octanol–water partition coefficient (Wildman–Crippen LogP) is 3.17. The highest BCUT2D eigenvalue weighted by atomic mass is 19.1. The van der Waals surface area contributed by atoms with Gasteiger partial charge in [0, 0.05) is 13.2 Å². The summed E-state index contributed by atoms with van der Waals surface area (Å²) in [6.07, 6.45) is 1.36. The van der Waals surface area contributed by atoms with Crippen molar-refractivity contribution in [3.05, 3.63) is 35.4 Å². The molecule has 1 aromatic rings. The minimum atomic E-state index is -0.618. The molecule has 1 aromatic carbocycles. The first-order valence-corrected chi connectivity index (χ1v) is 5.75. The first kappa shape index (κ1) is 14.1. The Bertz CT molecular complexity index is 349. The van der Waals surface area contributed by atoms with Crippen LogP contribution in [0.25, 0.3) is 0 Å². The molecule has 2 N–H and O–H groups in total. The zero-order chi connectivity index (χ0) is 13.1. The summed E-state index contributed by atoms with van der Waals surface area (Å²) in [6, 6.07) is 2.80. The number of hydrogen-bond donors (Lipinski definition) is 1. The van der Waals surface area contributed by atoms with Crippen LogP contribution in [0.15, 0.2) is 18.2 Å². The molecule has 0 aliphatic heterocycles. The fourth-order valence-electron chi connectivity index (χ4n) is 2.16. The molecule has 1 rings (SSSR count). The van der Waals surface area contributed by atoms with Gasteiger partial charge in [-0.05, 0) is 30.5 Å². The van der Waals surface area contributed by atoms with Crippen molar-refractivity contribution in [3.8, 4) is 0 Å². The van der Waals surface area contributed by atoms with Crippen molar-refractivity contribution in [1.82, 2.24) is 0 Å². The van der Waals surface area contributed by atoms with E-state index in [1.165, 1.54) is 12.1 Å². The van der Waals surface area contributed by atoms with Crippen LogP contribution in [0.3, 0.4) is 0 Å². The van der Waals surface area contributed by atoms with Gasteiger partial charge in [0.2, 0.25) is 0 Å². The van der Waals surface area contributed by atoms with E-state index in [4.69, 9.17) is 10.5 Å². The average Bonchev–Trinajstić information content (AvgIpc) is 2.30.